The van der Waals surface area contributed by atoms with E-state index < -0.39 is 5.92 Å². The first-order chi connectivity index (χ1) is 16.5. The van der Waals surface area contributed by atoms with Gasteiger partial charge in [0.1, 0.15) is 11.6 Å². The zero-order chi connectivity index (χ0) is 23.9. The predicted octanol–water partition coefficient (Wildman–Crippen LogP) is 4.90. The van der Waals surface area contributed by atoms with E-state index in [9.17, 15) is 14.4 Å². The third kappa shape index (κ3) is 5.78. The van der Waals surface area contributed by atoms with Crippen molar-refractivity contribution in [2.24, 2.45) is 0 Å². The van der Waals surface area contributed by atoms with Crippen molar-refractivity contribution in [2.75, 3.05) is 5.32 Å². The van der Waals surface area contributed by atoms with Crippen LogP contribution in [0.2, 0.25) is 0 Å². The maximum Gasteiger partial charge on any atom is 0.228 e. The first-order valence-corrected chi connectivity index (χ1v) is 11.8. The van der Waals surface area contributed by atoms with Crippen LogP contribution in [0.4, 0.5) is 5.69 Å². The molecule has 2 aromatic carbocycles. The summed E-state index contributed by atoms with van der Waals surface area (Å²) in [5, 5.41) is 5.99. The number of anilines is 1. The second-order valence-corrected chi connectivity index (χ2v) is 8.80. The normalized spacial score (nSPS) is 15.8. The second-order valence-electron chi connectivity index (χ2n) is 8.80. The van der Waals surface area contributed by atoms with E-state index in [1.54, 1.807) is 13.1 Å². The molecule has 7 heteroatoms. The maximum atomic E-state index is 13.4. The van der Waals surface area contributed by atoms with Crippen LogP contribution in [0.5, 0.6) is 0 Å². The maximum absolute atomic E-state index is 13.4. The lowest BCUT2D eigenvalue weighted by Crippen LogP contribution is -2.37. The van der Waals surface area contributed by atoms with Gasteiger partial charge in [-0.15, -0.1) is 0 Å². The predicted molar refractivity (Wildman–Crippen MR) is 131 cm³/mol. The molecule has 1 unspecified atom stereocenters. The highest BCUT2D eigenvalue weighted by atomic mass is 16.2. The molecule has 2 heterocycles. The van der Waals surface area contributed by atoms with E-state index in [0.29, 0.717) is 24.4 Å². The number of carbonyl (C=O) groups excluding carboxylic acids is 3. The summed E-state index contributed by atoms with van der Waals surface area (Å²) in [6, 6.07) is 17.0. The van der Waals surface area contributed by atoms with Gasteiger partial charge in [-0.1, -0.05) is 61.4 Å². The number of aromatic amines is 1. The number of para-hydroxylation sites is 1. The number of H-pyrrole nitrogens is 1. The van der Waals surface area contributed by atoms with Crippen molar-refractivity contribution in [3.05, 3.63) is 72.2 Å². The van der Waals surface area contributed by atoms with Crippen LogP contribution in [-0.2, 0) is 14.4 Å². The number of hydrogen-bond acceptors (Lipinski definition) is 4. The van der Waals surface area contributed by atoms with Crippen LogP contribution < -0.4 is 10.6 Å². The molecule has 34 heavy (non-hydrogen) atoms. The van der Waals surface area contributed by atoms with Crippen molar-refractivity contribution in [1.29, 1.82) is 0 Å². The highest BCUT2D eigenvalue weighted by Crippen LogP contribution is 2.33. The van der Waals surface area contributed by atoms with E-state index in [4.69, 9.17) is 0 Å². The Kier molecular flexibility index (Phi) is 7.52. The van der Waals surface area contributed by atoms with Gasteiger partial charge in [0.2, 0.25) is 11.8 Å². The molecule has 1 aliphatic rings. The smallest absolute Gasteiger partial charge is 0.228 e. The summed E-state index contributed by atoms with van der Waals surface area (Å²) in [6.07, 6.45) is 5.73. The molecule has 1 aromatic heterocycles. The lowest BCUT2D eigenvalue weighted by molar-refractivity contribution is -0.127. The molecule has 3 N–H and O–H groups in total. The van der Waals surface area contributed by atoms with E-state index in [2.05, 4.69) is 20.6 Å². The Bertz CT molecular complexity index is 1160. The van der Waals surface area contributed by atoms with Crippen LogP contribution in [0.1, 0.15) is 68.8 Å². The van der Waals surface area contributed by atoms with Crippen molar-refractivity contribution in [1.82, 2.24) is 15.3 Å². The summed E-state index contributed by atoms with van der Waals surface area (Å²) in [6.45, 7) is 1.61. The van der Waals surface area contributed by atoms with Gasteiger partial charge < -0.3 is 20.4 Å². The van der Waals surface area contributed by atoms with Crippen molar-refractivity contribution in [3.63, 3.8) is 0 Å². The van der Waals surface area contributed by atoms with Crippen LogP contribution >= 0.6 is 0 Å². The summed E-state index contributed by atoms with van der Waals surface area (Å²) in [5.41, 5.74) is 3.41. The molecule has 0 radical (unpaired) electrons. The quantitative estimate of drug-likeness (QED) is 0.376. The number of unbranched alkanes of at least 4 members (excludes halogenated alkanes) is 2. The fraction of sp³-hybridized carbons (Fsp3) is 0.333. The first kappa shape index (κ1) is 23.4. The average Bonchev–Trinajstić information content (AvgIpc) is 3.33. The van der Waals surface area contributed by atoms with Gasteiger partial charge in [-0.25, -0.2) is 4.98 Å². The number of fused-ring (bicyclic) bond motifs is 1. The zero-order valence-corrected chi connectivity index (χ0v) is 19.3. The zero-order valence-electron chi connectivity index (χ0n) is 19.3. The molecule has 0 saturated heterocycles. The standard InChI is InChI=1S/C27H30N4O3/c1-18(32)10-4-2-7-15-23(26-28-17-24(30-26)19-11-5-3-6-12-19)31-27(34)21-16-25(33)29-22-14-9-8-13-20(21)22/h3,5-6,8-9,11-14,17,21,23H,2,4,7,10,15-16H2,1H3,(H,28,30)(H,29,33)(H,31,34)/t21?,23-/m0/s1. The highest BCUT2D eigenvalue weighted by Gasteiger charge is 2.32. The Balaban J connectivity index is 1.51. The number of imidazole rings is 1. The molecule has 2 atom stereocenters. The SMILES string of the molecule is CC(=O)CCCCC[C@H](NC(=O)C1CC(=O)Nc2ccccc21)c1ncc(-c2ccccc2)[nH]1. The number of rotatable bonds is 10. The fourth-order valence-electron chi connectivity index (χ4n) is 4.37. The third-order valence-electron chi connectivity index (χ3n) is 6.16. The van der Waals surface area contributed by atoms with Gasteiger partial charge in [-0.3, -0.25) is 9.59 Å². The molecule has 176 valence electrons. The van der Waals surface area contributed by atoms with Crippen molar-refractivity contribution < 1.29 is 14.4 Å². The number of benzene rings is 2. The van der Waals surface area contributed by atoms with E-state index in [-0.39, 0.29) is 30.1 Å². The third-order valence-corrected chi connectivity index (χ3v) is 6.16. The Hall–Kier alpha value is -3.74. The van der Waals surface area contributed by atoms with Crippen LogP contribution in [0, 0.1) is 0 Å². The van der Waals surface area contributed by atoms with E-state index >= 15 is 0 Å². The van der Waals surface area contributed by atoms with Gasteiger partial charge in [-0.05, 0) is 37.0 Å². The fourth-order valence-corrected chi connectivity index (χ4v) is 4.37. The lowest BCUT2D eigenvalue weighted by atomic mass is 9.89. The summed E-state index contributed by atoms with van der Waals surface area (Å²) in [5.74, 6) is -0.0173. The molecular formula is C27H30N4O3. The van der Waals surface area contributed by atoms with E-state index in [1.165, 1.54) is 0 Å². The number of hydrogen-bond donors (Lipinski definition) is 3. The molecular weight excluding hydrogens is 428 g/mol. The van der Waals surface area contributed by atoms with Crippen LogP contribution in [0.3, 0.4) is 0 Å². The van der Waals surface area contributed by atoms with Crippen molar-refractivity contribution in [3.8, 4) is 11.3 Å². The number of ketones is 1. The Morgan fingerprint density at radius 1 is 1.06 bits per heavy atom. The lowest BCUT2D eigenvalue weighted by Gasteiger charge is -2.26. The molecule has 0 aliphatic carbocycles. The number of amides is 2. The summed E-state index contributed by atoms with van der Waals surface area (Å²) in [4.78, 5) is 44.8. The van der Waals surface area contributed by atoms with Gasteiger partial charge in [0.15, 0.2) is 0 Å². The summed E-state index contributed by atoms with van der Waals surface area (Å²) in [7, 11) is 0. The van der Waals surface area contributed by atoms with Crippen LogP contribution in [0.15, 0.2) is 60.8 Å². The molecule has 2 amide bonds. The van der Waals surface area contributed by atoms with Crippen LogP contribution in [0.25, 0.3) is 11.3 Å². The minimum atomic E-state index is -0.547. The van der Waals surface area contributed by atoms with Gasteiger partial charge in [-0.2, -0.15) is 0 Å². The number of Topliss-reactive ketones (excluding diaryl/α,β-unsaturated/α-hetero) is 1. The molecule has 1 aliphatic heterocycles. The molecule has 7 nitrogen and oxygen atoms in total. The number of nitrogens with one attached hydrogen (secondary N) is 3. The molecule has 0 saturated carbocycles. The van der Waals surface area contributed by atoms with Gasteiger partial charge >= 0.3 is 0 Å². The molecule has 3 aromatic rings. The first-order valence-electron chi connectivity index (χ1n) is 11.8. The topological polar surface area (TPSA) is 104 Å². The Labute approximate surface area is 199 Å². The molecule has 0 spiro atoms. The number of nitrogens with zero attached hydrogens (tertiary/aromatic N) is 1. The minimum Gasteiger partial charge on any atom is -0.346 e. The van der Waals surface area contributed by atoms with Gasteiger partial charge in [0.25, 0.3) is 0 Å². The molecule has 0 bridgehead atoms. The Morgan fingerprint density at radius 2 is 1.82 bits per heavy atom. The minimum absolute atomic E-state index is 0.113. The number of aromatic nitrogens is 2. The van der Waals surface area contributed by atoms with Crippen LogP contribution in [-0.4, -0.2) is 27.6 Å². The molecule has 0 fully saturated rings. The average molecular weight is 459 g/mol. The largest absolute Gasteiger partial charge is 0.346 e. The molecule has 4 rings (SSSR count). The van der Waals surface area contributed by atoms with Crippen molar-refractivity contribution >= 4 is 23.3 Å². The monoisotopic (exact) mass is 458 g/mol. The second kappa shape index (κ2) is 10.9. The summed E-state index contributed by atoms with van der Waals surface area (Å²) < 4.78 is 0. The van der Waals surface area contributed by atoms with E-state index in [0.717, 1.165) is 36.1 Å². The van der Waals surface area contributed by atoms with Gasteiger partial charge in [0.05, 0.1) is 23.9 Å². The van der Waals surface area contributed by atoms with Gasteiger partial charge in [0, 0.05) is 18.5 Å². The van der Waals surface area contributed by atoms with E-state index in [1.807, 2.05) is 54.6 Å². The Morgan fingerprint density at radius 3 is 2.62 bits per heavy atom. The van der Waals surface area contributed by atoms with Crippen molar-refractivity contribution in [2.45, 2.75) is 57.4 Å². The summed E-state index contributed by atoms with van der Waals surface area (Å²) >= 11 is 0. The number of carbonyl (C=O) groups is 3. The highest BCUT2D eigenvalue weighted by molar-refractivity contribution is 6.01.